The van der Waals surface area contributed by atoms with E-state index in [1.165, 1.54) is 23.2 Å². The van der Waals surface area contributed by atoms with Crippen LogP contribution in [0.1, 0.15) is 43.4 Å². The zero-order valence-electron chi connectivity index (χ0n) is 17.3. The summed E-state index contributed by atoms with van der Waals surface area (Å²) in [5, 5.41) is 22.0. The average molecular weight is 400 g/mol. The maximum atomic E-state index is 12.7. The molecular formula is C20H28N6O3. The molecule has 3 rings (SSSR count). The summed E-state index contributed by atoms with van der Waals surface area (Å²) in [6, 6.07) is 6.06. The van der Waals surface area contributed by atoms with Crippen molar-refractivity contribution in [2.24, 2.45) is 11.8 Å². The van der Waals surface area contributed by atoms with E-state index in [2.05, 4.69) is 34.4 Å². The van der Waals surface area contributed by atoms with Crippen molar-refractivity contribution >= 4 is 11.6 Å². The molecule has 1 N–H and O–H groups in total. The number of benzene rings is 1. The number of aromatic nitrogens is 3. The van der Waals surface area contributed by atoms with Crippen LogP contribution in [0, 0.1) is 28.9 Å². The van der Waals surface area contributed by atoms with Gasteiger partial charge in [0.15, 0.2) is 5.69 Å². The quantitative estimate of drug-likeness (QED) is 0.590. The number of nitrogens with zero attached hydrogens (tertiary/aromatic N) is 5. The van der Waals surface area contributed by atoms with E-state index in [4.69, 9.17) is 0 Å². The van der Waals surface area contributed by atoms with Gasteiger partial charge in [0.05, 0.1) is 16.3 Å². The molecule has 1 aliphatic heterocycles. The second-order valence-electron chi connectivity index (χ2n) is 8.25. The highest BCUT2D eigenvalue weighted by Gasteiger charge is 2.25. The zero-order valence-corrected chi connectivity index (χ0v) is 17.3. The number of nitro groups is 1. The van der Waals surface area contributed by atoms with E-state index < -0.39 is 4.92 Å². The van der Waals surface area contributed by atoms with Gasteiger partial charge < -0.3 is 10.2 Å². The van der Waals surface area contributed by atoms with Crippen LogP contribution in [0.4, 0.5) is 5.69 Å². The molecule has 1 aromatic heterocycles. The molecule has 3 atom stereocenters. The van der Waals surface area contributed by atoms with E-state index >= 15 is 0 Å². The van der Waals surface area contributed by atoms with Crippen molar-refractivity contribution in [1.82, 2.24) is 25.2 Å². The number of hydrogen-bond donors (Lipinski definition) is 1. The van der Waals surface area contributed by atoms with E-state index in [0.717, 1.165) is 19.6 Å². The average Bonchev–Trinajstić information content (AvgIpc) is 3.02. The summed E-state index contributed by atoms with van der Waals surface area (Å²) in [5.74, 6) is 1.04. The Morgan fingerprint density at radius 3 is 2.69 bits per heavy atom. The number of nitro benzene ring substituents is 1. The van der Waals surface area contributed by atoms with Gasteiger partial charge in [-0.25, -0.2) is 4.68 Å². The lowest BCUT2D eigenvalue weighted by atomic mass is 9.92. The van der Waals surface area contributed by atoms with E-state index in [1.54, 1.807) is 19.1 Å². The standard InChI is InChI=1S/C20H28N6O3/c1-13-8-14(2)11-24(10-13)12-15(3)21-20(27)19-16(4)25(23-22-19)17-6-5-7-18(9-17)26(28)29/h5-7,9,13-15H,8,10-12H2,1-4H3,(H,21,27). The molecule has 1 aromatic carbocycles. The van der Waals surface area contributed by atoms with Crippen molar-refractivity contribution in [2.75, 3.05) is 19.6 Å². The maximum Gasteiger partial charge on any atom is 0.274 e. The maximum absolute atomic E-state index is 12.7. The van der Waals surface area contributed by atoms with Crippen LogP contribution in [0.25, 0.3) is 5.69 Å². The van der Waals surface area contributed by atoms with Crippen LogP contribution in [-0.4, -0.2) is 56.4 Å². The first-order valence-electron chi connectivity index (χ1n) is 9.95. The molecule has 2 aromatic rings. The Morgan fingerprint density at radius 2 is 2.03 bits per heavy atom. The summed E-state index contributed by atoms with van der Waals surface area (Å²) < 4.78 is 1.45. The summed E-state index contributed by atoms with van der Waals surface area (Å²) in [4.78, 5) is 25.6. The number of carbonyl (C=O) groups excluding carboxylic acids is 1. The number of rotatable bonds is 6. The van der Waals surface area contributed by atoms with E-state index in [9.17, 15) is 14.9 Å². The van der Waals surface area contributed by atoms with Gasteiger partial charge in [-0.3, -0.25) is 14.9 Å². The van der Waals surface area contributed by atoms with Gasteiger partial charge in [-0.2, -0.15) is 0 Å². The number of non-ortho nitro benzene ring substituents is 1. The molecule has 156 valence electrons. The zero-order chi connectivity index (χ0) is 21.1. The number of hydrogen-bond acceptors (Lipinski definition) is 6. The summed E-state index contributed by atoms with van der Waals surface area (Å²) >= 11 is 0. The van der Waals surface area contributed by atoms with Crippen LogP contribution in [0.3, 0.4) is 0 Å². The SMILES string of the molecule is Cc1c(C(=O)NC(C)CN2CC(C)CC(C)C2)nnn1-c1cccc([N+](=O)[O-])c1. The minimum absolute atomic E-state index is 0.0256. The molecule has 0 radical (unpaired) electrons. The smallest absolute Gasteiger partial charge is 0.274 e. The van der Waals surface area contributed by atoms with Gasteiger partial charge in [-0.1, -0.05) is 25.1 Å². The monoisotopic (exact) mass is 400 g/mol. The topological polar surface area (TPSA) is 106 Å². The number of likely N-dealkylation sites (tertiary alicyclic amines) is 1. The van der Waals surface area contributed by atoms with Crippen molar-refractivity contribution in [3.05, 3.63) is 45.8 Å². The summed E-state index contributed by atoms with van der Waals surface area (Å²) in [7, 11) is 0. The Hall–Kier alpha value is -2.81. The van der Waals surface area contributed by atoms with Crippen molar-refractivity contribution < 1.29 is 9.72 Å². The molecule has 0 spiro atoms. The van der Waals surface area contributed by atoms with E-state index in [0.29, 0.717) is 23.2 Å². The first kappa shape index (κ1) is 20.9. The van der Waals surface area contributed by atoms with E-state index in [-0.39, 0.29) is 23.3 Å². The lowest BCUT2D eigenvalue weighted by Crippen LogP contribution is -2.47. The van der Waals surface area contributed by atoms with Crippen LogP contribution in [0.15, 0.2) is 24.3 Å². The fourth-order valence-electron chi connectivity index (χ4n) is 4.19. The Labute approximate surface area is 170 Å². The van der Waals surface area contributed by atoms with Crippen molar-refractivity contribution in [1.29, 1.82) is 0 Å². The molecule has 1 aliphatic rings. The van der Waals surface area contributed by atoms with Gasteiger partial charge in [0, 0.05) is 37.8 Å². The first-order valence-corrected chi connectivity index (χ1v) is 9.95. The Kier molecular flexibility index (Phi) is 6.26. The molecule has 9 nitrogen and oxygen atoms in total. The predicted octanol–water partition coefficient (Wildman–Crippen LogP) is 2.58. The molecule has 9 heteroatoms. The molecule has 1 saturated heterocycles. The Morgan fingerprint density at radius 1 is 1.34 bits per heavy atom. The highest BCUT2D eigenvalue weighted by molar-refractivity contribution is 5.93. The fraction of sp³-hybridized carbons (Fsp3) is 0.550. The lowest BCUT2D eigenvalue weighted by Gasteiger charge is -2.36. The summed E-state index contributed by atoms with van der Waals surface area (Å²) in [6.07, 6.45) is 1.25. The third-order valence-electron chi connectivity index (χ3n) is 5.25. The molecule has 1 fully saturated rings. The van der Waals surface area contributed by atoms with Gasteiger partial charge >= 0.3 is 0 Å². The second kappa shape index (κ2) is 8.69. The minimum atomic E-state index is -0.465. The molecule has 1 amide bonds. The molecule has 0 aliphatic carbocycles. The molecule has 2 heterocycles. The van der Waals surface area contributed by atoms with Crippen molar-refractivity contribution in [2.45, 2.75) is 40.2 Å². The number of nitrogens with one attached hydrogen (secondary N) is 1. The highest BCUT2D eigenvalue weighted by Crippen LogP contribution is 2.21. The Bertz CT molecular complexity index is 886. The third kappa shape index (κ3) is 4.97. The highest BCUT2D eigenvalue weighted by atomic mass is 16.6. The first-order chi connectivity index (χ1) is 13.7. The van der Waals surface area contributed by atoms with Gasteiger partial charge in [-0.15, -0.1) is 5.10 Å². The predicted molar refractivity (Wildman–Crippen MR) is 109 cm³/mol. The second-order valence-corrected chi connectivity index (χ2v) is 8.25. The summed E-state index contributed by atoms with van der Waals surface area (Å²) in [5.41, 5.74) is 1.22. The molecule has 3 unspecified atom stereocenters. The molecule has 0 bridgehead atoms. The Balaban J connectivity index is 1.67. The minimum Gasteiger partial charge on any atom is -0.347 e. The van der Waals surface area contributed by atoms with Crippen molar-refractivity contribution in [3.63, 3.8) is 0 Å². The van der Waals surface area contributed by atoms with Gasteiger partial charge in [0.25, 0.3) is 11.6 Å². The van der Waals surface area contributed by atoms with Crippen LogP contribution < -0.4 is 5.32 Å². The van der Waals surface area contributed by atoms with Gasteiger partial charge in [0.2, 0.25) is 0 Å². The van der Waals surface area contributed by atoms with Crippen LogP contribution >= 0.6 is 0 Å². The van der Waals surface area contributed by atoms with Crippen LogP contribution in [0.2, 0.25) is 0 Å². The molecule has 29 heavy (non-hydrogen) atoms. The summed E-state index contributed by atoms with van der Waals surface area (Å²) in [6.45, 7) is 11.1. The van der Waals surface area contributed by atoms with Crippen LogP contribution in [-0.2, 0) is 0 Å². The van der Waals surface area contributed by atoms with E-state index in [1.807, 2.05) is 6.92 Å². The van der Waals surface area contributed by atoms with Gasteiger partial charge in [-0.05, 0) is 38.2 Å². The normalized spacial score (nSPS) is 21.0. The fourth-order valence-corrected chi connectivity index (χ4v) is 4.19. The number of amides is 1. The third-order valence-corrected chi connectivity index (χ3v) is 5.25. The largest absolute Gasteiger partial charge is 0.347 e. The lowest BCUT2D eigenvalue weighted by molar-refractivity contribution is -0.384. The van der Waals surface area contributed by atoms with Gasteiger partial charge in [0.1, 0.15) is 0 Å². The molecular weight excluding hydrogens is 372 g/mol. The molecule has 0 saturated carbocycles. The number of carbonyl (C=O) groups is 1. The van der Waals surface area contributed by atoms with Crippen LogP contribution in [0.5, 0.6) is 0 Å². The van der Waals surface area contributed by atoms with Crippen molar-refractivity contribution in [3.8, 4) is 5.69 Å². The number of piperidine rings is 1.